The standard InChI is InChI=1S/C17H16F3N3O3S/c1-22-8-6-21-15(22)13(24)10-3-2-7-23(9-10)16(26)12-5-4-11(27-12)14(25)17(18,19)20/h4-6,8,10H,2-3,7,9H2,1H3. The minimum absolute atomic E-state index is 0.0488. The molecule has 2 aromatic heterocycles. The largest absolute Gasteiger partial charge is 0.455 e. The normalized spacial score (nSPS) is 17.8. The van der Waals surface area contributed by atoms with E-state index in [9.17, 15) is 27.6 Å². The van der Waals surface area contributed by atoms with Crippen LogP contribution in [0.5, 0.6) is 0 Å². The maximum Gasteiger partial charge on any atom is 0.455 e. The molecule has 0 radical (unpaired) electrons. The Hall–Kier alpha value is -2.49. The van der Waals surface area contributed by atoms with Gasteiger partial charge in [0, 0.05) is 38.4 Å². The van der Waals surface area contributed by atoms with E-state index < -0.39 is 28.7 Å². The first-order valence-electron chi connectivity index (χ1n) is 8.20. The summed E-state index contributed by atoms with van der Waals surface area (Å²) in [5, 5.41) is 0. The number of aryl methyl sites for hydroxylation is 1. The second-order valence-electron chi connectivity index (χ2n) is 6.31. The maximum atomic E-state index is 12.6. The highest BCUT2D eigenvalue weighted by Gasteiger charge is 2.40. The number of likely N-dealkylation sites (tertiary alicyclic amines) is 1. The predicted octanol–water partition coefficient (Wildman–Crippen LogP) is 2.96. The number of hydrogen-bond acceptors (Lipinski definition) is 5. The Morgan fingerprint density at radius 3 is 2.56 bits per heavy atom. The van der Waals surface area contributed by atoms with Crippen molar-refractivity contribution in [3.63, 3.8) is 0 Å². The van der Waals surface area contributed by atoms with E-state index in [2.05, 4.69) is 4.98 Å². The van der Waals surface area contributed by atoms with Gasteiger partial charge >= 0.3 is 6.18 Å². The average Bonchev–Trinajstić information content (AvgIpc) is 3.28. The zero-order valence-corrected chi connectivity index (χ0v) is 15.1. The number of hydrogen-bond donors (Lipinski definition) is 0. The molecular formula is C17H16F3N3O3S. The number of aromatic nitrogens is 2. The molecule has 0 aromatic carbocycles. The lowest BCUT2D eigenvalue weighted by atomic mass is 9.93. The fraction of sp³-hybridized carbons (Fsp3) is 0.412. The molecule has 1 atom stereocenters. The zero-order valence-electron chi connectivity index (χ0n) is 14.3. The van der Waals surface area contributed by atoms with Gasteiger partial charge < -0.3 is 9.47 Å². The lowest BCUT2D eigenvalue weighted by Gasteiger charge is -2.31. The number of carbonyl (C=O) groups excluding carboxylic acids is 3. The summed E-state index contributed by atoms with van der Waals surface area (Å²) < 4.78 is 39.2. The van der Waals surface area contributed by atoms with Crippen LogP contribution in [-0.2, 0) is 7.05 Å². The summed E-state index contributed by atoms with van der Waals surface area (Å²) in [4.78, 5) is 41.5. The summed E-state index contributed by atoms with van der Waals surface area (Å²) in [6, 6.07) is 2.23. The van der Waals surface area contributed by atoms with Crippen LogP contribution in [0.25, 0.3) is 0 Å². The predicted molar refractivity (Wildman–Crippen MR) is 90.9 cm³/mol. The molecule has 1 saturated heterocycles. The molecule has 1 aliphatic rings. The Labute approximate surface area is 156 Å². The molecule has 0 N–H and O–H groups in total. The first kappa shape index (κ1) is 19.3. The van der Waals surface area contributed by atoms with Gasteiger partial charge in [0.15, 0.2) is 5.82 Å². The van der Waals surface area contributed by atoms with Gasteiger partial charge in [-0.1, -0.05) is 0 Å². The van der Waals surface area contributed by atoms with Crippen LogP contribution in [0.2, 0.25) is 0 Å². The van der Waals surface area contributed by atoms with Crippen LogP contribution in [0.15, 0.2) is 24.5 Å². The number of thiophene rings is 1. The zero-order chi connectivity index (χ0) is 19.8. The van der Waals surface area contributed by atoms with E-state index in [1.54, 1.807) is 17.8 Å². The Balaban J connectivity index is 1.72. The molecule has 0 aliphatic carbocycles. The van der Waals surface area contributed by atoms with Crippen molar-refractivity contribution in [2.75, 3.05) is 13.1 Å². The van der Waals surface area contributed by atoms with E-state index in [4.69, 9.17) is 0 Å². The van der Waals surface area contributed by atoms with Crippen molar-refractivity contribution < 1.29 is 27.6 Å². The van der Waals surface area contributed by atoms with Crippen LogP contribution in [-0.4, -0.2) is 51.2 Å². The third-order valence-electron chi connectivity index (χ3n) is 4.42. The molecule has 6 nitrogen and oxygen atoms in total. The minimum atomic E-state index is -4.98. The maximum absolute atomic E-state index is 12.6. The SMILES string of the molecule is Cn1ccnc1C(=O)C1CCCN(C(=O)c2ccc(C(=O)C(F)(F)F)s2)C1. The monoisotopic (exact) mass is 399 g/mol. The van der Waals surface area contributed by atoms with E-state index in [-0.39, 0.29) is 17.2 Å². The van der Waals surface area contributed by atoms with Crippen LogP contribution in [0.1, 0.15) is 42.8 Å². The fourth-order valence-corrected chi connectivity index (χ4v) is 3.97. The van der Waals surface area contributed by atoms with Gasteiger partial charge in [0.2, 0.25) is 5.78 Å². The van der Waals surface area contributed by atoms with Crippen LogP contribution < -0.4 is 0 Å². The summed E-state index contributed by atoms with van der Waals surface area (Å²) in [6.07, 6.45) is -0.590. The number of imidazole rings is 1. The molecule has 0 bridgehead atoms. The summed E-state index contributed by atoms with van der Waals surface area (Å²) in [5.41, 5.74) is 0. The first-order chi connectivity index (χ1) is 12.7. The Bertz CT molecular complexity index is 887. The molecule has 1 aliphatic heterocycles. The van der Waals surface area contributed by atoms with Gasteiger partial charge in [0.25, 0.3) is 11.7 Å². The Morgan fingerprint density at radius 1 is 1.22 bits per heavy atom. The number of rotatable bonds is 4. The quantitative estimate of drug-likeness (QED) is 0.741. The van der Waals surface area contributed by atoms with Crippen molar-refractivity contribution in [2.24, 2.45) is 13.0 Å². The van der Waals surface area contributed by atoms with Gasteiger partial charge in [-0.15, -0.1) is 11.3 Å². The Kier molecular flexibility index (Phi) is 5.18. The van der Waals surface area contributed by atoms with E-state index in [1.165, 1.54) is 17.2 Å². The number of alkyl halides is 3. The molecule has 1 unspecified atom stereocenters. The minimum Gasteiger partial charge on any atom is -0.337 e. The van der Waals surface area contributed by atoms with Crippen molar-refractivity contribution in [3.8, 4) is 0 Å². The van der Waals surface area contributed by atoms with E-state index >= 15 is 0 Å². The lowest BCUT2D eigenvalue weighted by molar-refractivity contribution is -0.0882. The number of piperidine rings is 1. The van der Waals surface area contributed by atoms with Gasteiger partial charge in [-0.3, -0.25) is 14.4 Å². The van der Waals surface area contributed by atoms with Crippen LogP contribution >= 0.6 is 11.3 Å². The highest BCUT2D eigenvalue weighted by atomic mass is 32.1. The second-order valence-corrected chi connectivity index (χ2v) is 7.39. The molecule has 10 heteroatoms. The molecule has 27 heavy (non-hydrogen) atoms. The summed E-state index contributed by atoms with van der Waals surface area (Å²) in [5.74, 6) is -2.71. The molecule has 1 fully saturated rings. The summed E-state index contributed by atoms with van der Waals surface area (Å²) in [6.45, 7) is 0.578. The molecule has 2 aromatic rings. The van der Waals surface area contributed by atoms with Crippen molar-refractivity contribution in [3.05, 3.63) is 40.1 Å². The number of nitrogens with zero attached hydrogens (tertiary/aromatic N) is 3. The number of halogens is 3. The second kappa shape index (κ2) is 7.26. The van der Waals surface area contributed by atoms with Gasteiger partial charge in [-0.25, -0.2) is 4.98 Å². The Morgan fingerprint density at radius 2 is 1.93 bits per heavy atom. The van der Waals surface area contributed by atoms with Gasteiger partial charge in [0.1, 0.15) is 0 Å². The molecular weight excluding hydrogens is 383 g/mol. The molecule has 0 saturated carbocycles. The van der Waals surface area contributed by atoms with Crippen molar-refractivity contribution in [1.82, 2.24) is 14.5 Å². The van der Waals surface area contributed by atoms with Crippen LogP contribution in [0, 0.1) is 5.92 Å². The van der Waals surface area contributed by atoms with Gasteiger partial charge in [-0.2, -0.15) is 13.2 Å². The number of amides is 1. The topological polar surface area (TPSA) is 72.3 Å². The van der Waals surface area contributed by atoms with E-state index in [1.807, 2.05) is 0 Å². The van der Waals surface area contributed by atoms with Crippen molar-refractivity contribution in [1.29, 1.82) is 0 Å². The highest BCUT2D eigenvalue weighted by Crippen LogP contribution is 2.28. The third-order valence-corrected chi connectivity index (χ3v) is 5.49. The van der Waals surface area contributed by atoms with Gasteiger partial charge in [0.05, 0.1) is 9.75 Å². The number of carbonyl (C=O) groups is 3. The third kappa shape index (κ3) is 3.95. The highest BCUT2D eigenvalue weighted by molar-refractivity contribution is 7.16. The van der Waals surface area contributed by atoms with Crippen LogP contribution in [0.4, 0.5) is 13.2 Å². The summed E-state index contributed by atoms with van der Waals surface area (Å²) >= 11 is 0.517. The molecule has 144 valence electrons. The van der Waals surface area contributed by atoms with Crippen molar-refractivity contribution in [2.45, 2.75) is 19.0 Å². The molecule has 0 spiro atoms. The number of ketones is 2. The molecule has 1 amide bonds. The average molecular weight is 399 g/mol. The smallest absolute Gasteiger partial charge is 0.337 e. The van der Waals surface area contributed by atoms with E-state index in [0.29, 0.717) is 36.5 Å². The first-order valence-corrected chi connectivity index (χ1v) is 9.02. The van der Waals surface area contributed by atoms with Crippen LogP contribution in [0.3, 0.4) is 0 Å². The summed E-state index contributed by atoms with van der Waals surface area (Å²) in [7, 11) is 1.71. The molecule has 3 rings (SSSR count). The fourth-order valence-electron chi connectivity index (χ4n) is 3.03. The lowest BCUT2D eigenvalue weighted by Crippen LogP contribution is -2.42. The van der Waals surface area contributed by atoms with E-state index in [0.717, 1.165) is 6.07 Å². The van der Waals surface area contributed by atoms with Gasteiger partial charge in [-0.05, 0) is 25.0 Å². The van der Waals surface area contributed by atoms with Crippen molar-refractivity contribution >= 4 is 28.8 Å². The molecule has 3 heterocycles. The number of Topliss-reactive ketones (excluding diaryl/α,β-unsaturated/α-hetero) is 2.